The first-order valence-electron chi connectivity index (χ1n) is 10.5. The van der Waals surface area contributed by atoms with E-state index in [0.717, 1.165) is 49.2 Å². The molecule has 1 N–H and O–H groups in total. The fourth-order valence-corrected chi connectivity index (χ4v) is 6.22. The van der Waals surface area contributed by atoms with E-state index in [-0.39, 0.29) is 0 Å². The highest BCUT2D eigenvalue weighted by molar-refractivity contribution is 7.90. The average Bonchev–Trinajstić information content (AvgIpc) is 3.39. The van der Waals surface area contributed by atoms with E-state index in [4.69, 9.17) is 4.74 Å². The molecule has 0 saturated carbocycles. The van der Waals surface area contributed by atoms with E-state index < -0.39 is 10.0 Å². The lowest BCUT2D eigenvalue weighted by Gasteiger charge is -2.33. The fraction of sp³-hybridized carbons (Fsp3) is 0.409. The van der Waals surface area contributed by atoms with Gasteiger partial charge in [0.2, 0.25) is 0 Å². The molecule has 2 aromatic heterocycles. The van der Waals surface area contributed by atoms with Gasteiger partial charge in [-0.1, -0.05) is 13.0 Å². The monoisotopic (exact) mass is 426 g/mol. The molecule has 5 rings (SSSR count). The number of nitrogens with one attached hydrogen (secondary N) is 1. The van der Waals surface area contributed by atoms with E-state index in [1.807, 2.05) is 12.1 Å². The zero-order valence-electron chi connectivity index (χ0n) is 17.0. The first kappa shape index (κ1) is 19.4. The number of ether oxygens (including phenoxy) is 1. The Kier molecular flexibility index (Phi) is 4.91. The van der Waals surface area contributed by atoms with Crippen LogP contribution in [0.15, 0.2) is 47.6 Å². The van der Waals surface area contributed by atoms with Crippen molar-refractivity contribution < 1.29 is 13.2 Å². The summed E-state index contributed by atoms with van der Waals surface area (Å²) >= 11 is 0. The third-order valence-corrected chi connectivity index (χ3v) is 7.83. The normalized spacial score (nSPS) is 17.3. The van der Waals surface area contributed by atoms with Crippen LogP contribution < -0.4 is 15.0 Å². The number of hydrogen-bond donors (Lipinski definition) is 1. The van der Waals surface area contributed by atoms with Crippen LogP contribution >= 0.6 is 0 Å². The summed E-state index contributed by atoms with van der Waals surface area (Å²) in [4.78, 5) is 7.12. The zero-order valence-corrected chi connectivity index (χ0v) is 17.9. The Morgan fingerprint density at radius 1 is 1.20 bits per heavy atom. The van der Waals surface area contributed by atoms with Gasteiger partial charge in [-0.3, -0.25) is 4.98 Å². The Hall–Kier alpha value is -2.58. The van der Waals surface area contributed by atoms with Crippen LogP contribution in [0.1, 0.15) is 25.3 Å². The summed E-state index contributed by atoms with van der Waals surface area (Å²) < 4.78 is 34.4. The van der Waals surface area contributed by atoms with Gasteiger partial charge >= 0.3 is 0 Å². The molecular formula is C22H26N4O3S. The van der Waals surface area contributed by atoms with Gasteiger partial charge in [-0.05, 0) is 43.7 Å². The maximum Gasteiger partial charge on any atom is 0.268 e. The molecule has 0 atom stereocenters. The number of anilines is 1. The largest absolute Gasteiger partial charge is 0.493 e. The summed E-state index contributed by atoms with van der Waals surface area (Å²) in [5.41, 5.74) is 2.98. The van der Waals surface area contributed by atoms with Crippen molar-refractivity contribution in [2.75, 3.05) is 31.1 Å². The van der Waals surface area contributed by atoms with Crippen molar-refractivity contribution in [2.24, 2.45) is 0 Å². The SMILES string of the molecule is CCNC1CCN(c2cn(S(=O)(=O)c3cccc4c3CCO4)c3cccnc23)CC1. The van der Waals surface area contributed by atoms with E-state index in [2.05, 4.69) is 22.1 Å². The lowest BCUT2D eigenvalue weighted by atomic mass is 10.0. The van der Waals surface area contributed by atoms with Crippen LogP contribution in [-0.4, -0.2) is 49.7 Å². The van der Waals surface area contributed by atoms with Gasteiger partial charge in [0.05, 0.1) is 22.7 Å². The summed E-state index contributed by atoms with van der Waals surface area (Å²) in [5, 5.41) is 3.51. The standard InChI is InChI=1S/C22H26N4O3S/c1-2-23-16-8-12-25(13-9-16)19-15-26(18-5-4-11-24-22(18)19)30(27,28)21-7-3-6-20-17(21)10-14-29-20/h3-7,11,15-16,23H,2,8-10,12-14H2,1H3. The highest BCUT2D eigenvalue weighted by Gasteiger charge is 2.30. The van der Waals surface area contributed by atoms with Crippen LogP contribution in [0.25, 0.3) is 11.0 Å². The Morgan fingerprint density at radius 2 is 2.03 bits per heavy atom. The molecule has 0 bridgehead atoms. The lowest BCUT2D eigenvalue weighted by molar-refractivity contribution is 0.357. The predicted octanol–water partition coefficient (Wildman–Crippen LogP) is 2.79. The van der Waals surface area contributed by atoms with Gasteiger partial charge in [0.25, 0.3) is 10.0 Å². The van der Waals surface area contributed by atoms with Crippen LogP contribution in [0.2, 0.25) is 0 Å². The molecule has 1 fully saturated rings. The molecular weight excluding hydrogens is 400 g/mol. The van der Waals surface area contributed by atoms with Crippen LogP contribution in [0.3, 0.4) is 0 Å². The molecule has 3 aromatic rings. The van der Waals surface area contributed by atoms with E-state index in [0.29, 0.717) is 35.2 Å². The van der Waals surface area contributed by atoms with Crippen molar-refractivity contribution in [1.82, 2.24) is 14.3 Å². The molecule has 2 aliphatic heterocycles. The van der Waals surface area contributed by atoms with Crippen LogP contribution in [0.5, 0.6) is 5.75 Å². The maximum atomic E-state index is 13.7. The average molecular weight is 427 g/mol. The summed E-state index contributed by atoms with van der Waals surface area (Å²) in [6, 6.07) is 9.38. The molecule has 4 heterocycles. The molecule has 8 heteroatoms. The predicted molar refractivity (Wildman–Crippen MR) is 117 cm³/mol. The van der Waals surface area contributed by atoms with Crippen LogP contribution in [-0.2, 0) is 16.4 Å². The third kappa shape index (κ3) is 3.15. The highest BCUT2D eigenvalue weighted by Crippen LogP contribution is 2.36. The number of pyridine rings is 1. The minimum atomic E-state index is -3.77. The molecule has 0 radical (unpaired) electrons. The molecule has 2 aliphatic rings. The maximum absolute atomic E-state index is 13.7. The zero-order chi connectivity index (χ0) is 20.7. The van der Waals surface area contributed by atoms with Gasteiger partial charge < -0.3 is 15.0 Å². The quantitative estimate of drug-likeness (QED) is 0.676. The number of nitrogens with zero attached hydrogens (tertiary/aromatic N) is 3. The topological polar surface area (TPSA) is 76.5 Å². The molecule has 7 nitrogen and oxygen atoms in total. The first-order valence-corrected chi connectivity index (χ1v) is 12.0. The molecule has 0 spiro atoms. The summed E-state index contributed by atoms with van der Waals surface area (Å²) in [7, 11) is -3.77. The molecule has 0 aliphatic carbocycles. The summed E-state index contributed by atoms with van der Waals surface area (Å²) in [6.45, 7) is 5.36. The Balaban J connectivity index is 1.58. The minimum absolute atomic E-state index is 0.315. The number of benzene rings is 1. The Labute approximate surface area is 176 Å². The van der Waals surface area contributed by atoms with Gasteiger partial charge in [-0.25, -0.2) is 12.4 Å². The number of hydrogen-bond acceptors (Lipinski definition) is 6. The molecule has 30 heavy (non-hydrogen) atoms. The van der Waals surface area contributed by atoms with Gasteiger partial charge in [0, 0.05) is 43.5 Å². The second-order valence-electron chi connectivity index (χ2n) is 7.84. The molecule has 0 amide bonds. The highest BCUT2D eigenvalue weighted by atomic mass is 32.2. The van der Waals surface area contributed by atoms with Crippen LogP contribution in [0.4, 0.5) is 5.69 Å². The number of aromatic nitrogens is 2. The molecule has 1 aromatic carbocycles. The van der Waals surface area contributed by atoms with Crippen molar-refractivity contribution >= 4 is 26.7 Å². The van der Waals surface area contributed by atoms with Crippen molar-refractivity contribution in [3.63, 3.8) is 0 Å². The van der Waals surface area contributed by atoms with Gasteiger partial charge in [-0.15, -0.1) is 0 Å². The van der Waals surface area contributed by atoms with Crippen LogP contribution in [0, 0.1) is 0 Å². The summed E-state index contributed by atoms with van der Waals surface area (Å²) in [5.74, 6) is 0.663. The Morgan fingerprint density at radius 3 is 2.83 bits per heavy atom. The molecule has 1 saturated heterocycles. The lowest BCUT2D eigenvalue weighted by Crippen LogP contribution is -2.42. The van der Waals surface area contributed by atoms with E-state index in [1.165, 1.54) is 3.97 Å². The minimum Gasteiger partial charge on any atom is -0.493 e. The number of piperidine rings is 1. The first-order chi connectivity index (χ1) is 14.6. The van der Waals surface area contributed by atoms with Gasteiger partial charge in [0.1, 0.15) is 11.3 Å². The second kappa shape index (κ2) is 7.59. The number of rotatable bonds is 5. The van der Waals surface area contributed by atoms with Crippen molar-refractivity contribution in [3.8, 4) is 5.75 Å². The van der Waals surface area contributed by atoms with E-state index in [9.17, 15) is 8.42 Å². The third-order valence-electron chi connectivity index (χ3n) is 6.07. The number of fused-ring (bicyclic) bond motifs is 2. The van der Waals surface area contributed by atoms with E-state index >= 15 is 0 Å². The van der Waals surface area contributed by atoms with Crippen molar-refractivity contribution in [3.05, 3.63) is 48.3 Å². The second-order valence-corrected chi connectivity index (χ2v) is 9.62. The molecule has 0 unspecified atom stereocenters. The fourth-order valence-electron chi connectivity index (χ4n) is 4.60. The van der Waals surface area contributed by atoms with Gasteiger partial charge in [-0.2, -0.15) is 0 Å². The van der Waals surface area contributed by atoms with E-state index in [1.54, 1.807) is 30.6 Å². The van der Waals surface area contributed by atoms with Crippen molar-refractivity contribution in [2.45, 2.75) is 37.1 Å². The van der Waals surface area contributed by atoms with Crippen molar-refractivity contribution in [1.29, 1.82) is 0 Å². The Bertz CT molecular complexity index is 1180. The molecule has 158 valence electrons. The smallest absolute Gasteiger partial charge is 0.268 e. The summed E-state index contributed by atoms with van der Waals surface area (Å²) in [6.07, 6.45) is 6.14. The van der Waals surface area contributed by atoms with Gasteiger partial charge in [0.15, 0.2) is 0 Å².